The van der Waals surface area contributed by atoms with Crippen molar-refractivity contribution in [3.8, 4) is 0 Å². The fourth-order valence-electron chi connectivity index (χ4n) is 3.81. The second-order valence-electron chi connectivity index (χ2n) is 8.32. The first-order valence-corrected chi connectivity index (χ1v) is 12.2. The number of aryl methyl sites for hydroxylation is 1. The van der Waals surface area contributed by atoms with Gasteiger partial charge in [0, 0.05) is 0 Å². The first kappa shape index (κ1) is 24.7. The molecular weight excluding hydrogens is 374 g/mol. The molecule has 0 aliphatic rings. The largest absolute Gasteiger partial charge is 0.413 e. The lowest BCUT2D eigenvalue weighted by Gasteiger charge is -2.42. The minimum atomic E-state index is -1.96. The fourth-order valence-corrected chi connectivity index (χ4v) is 9.33. The maximum Gasteiger partial charge on any atom is 0.256 e. The molecule has 0 aromatic carbocycles. The molecule has 28 heavy (non-hydrogen) atoms. The fraction of sp³-hybridized carbons (Fsp3) is 0.750. The molecule has 0 fully saturated rings. The number of nitrogens with one attached hydrogen (secondary N) is 1. The SMILES string of the molecule is Cc1cnc(NC(=O)C(O)COC(C)CO[Si](C(C)C)(C(C)C)C(C)C)cn1. The van der Waals surface area contributed by atoms with Crippen LogP contribution in [-0.4, -0.2) is 54.7 Å². The highest BCUT2D eigenvalue weighted by Crippen LogP contribution is 2.42. The summed E-state index contributed by atoms with van der Waals surface area (Å²) in [6.45, 7) is 17.5. The van der Waals surface area contributed by atoms with E-state index >= 15 is 0 Å². The number of hydrogen-bond acceptors (Lipinski definition) is 6. The van der Waals surface area contributed by atoms with Crippen molar-refractivity contribution < 1.29 is 19.1 Å². The van der Waals surface area contributed by atoms with Gasteiger partial charge in [0.2, 0.25) is 0 Å². The van der Waals surface area contributed by atoms with Crippen LogP contribution in [0.2, 0.25) is 16.6 Å². The van der Waals surface area contributed by atoms with E-state index in [1.165, 1.54) is 6.20 Å². The third kappa shape index (κ3) is 6.61. The molecule has 0 spiro atoms. The molecule has 0 saturated heterocycles. The summed E-state index contributed by atoms with van der Waals surface area (Å²) in [6.07, 6.45) is 1.50. The number of aliphatic hydroxyl groups excluding tert-OH is 1. The lowest BCUT2D eigenvalue weighted by Crippen LogP contribution is -2.49. The number of aromatic nitrogens is 2. The Hall–Kier alpha value is -1.35. The van der Waals surface area contributed by atoms with Crippen LogP contribution in [0.4, 0.5) is 5.82 Å². The summed E-state index contributed by atoms with van der Waals surface area (Å²) < 4.78 is 12.2. The van der Waals surface area contributed by atoms with E-state index in [-0.39, 0.29) is 12.7 Å². The van der Waals surface area contributed by atoms with Crippen LogP contribution < -0.4 is 5.32 Å². The van der Waals surface area contributed by atoms with Gasteiger partial charge in [-0.2, -0.15) is 0 Å². The third-order valence-electron chi connectivity index (χ3n) is 5.15. The van der Waals surface area contributed by atoms with Crippen LogP contribution in [0.1, 0.15) is 54.2 Å². The van der Waals surface area contributed by atoms with E-state index in [1.54, 1.807) is 13.1 Å². The van der Waals surface area contributed by atoms with E-state index in [9.17, 15) is 9.90 Å². The van der Waals surface area contributed by atoms with Crippen LogP contribution in [-0.2, 0) is 14.0 Å². The van der Waals surface area contributed by atoms with Crippen LogP contribution in [0.3, 0.4) is 0 Å². The van der Waals surface area contributed by atoms with E-state index in [4.69, 9.17) is 9.16 Å². The number of anilines is 1. The van der Waals surface area contributed by atoms with Gasteiger partial charge in [0.05, 0.1) is 37.4 Å². The Morgan fingerprint density at radius 3 is 2.07 bits per heavy atom. The van der Waals surface area contributed by atoms with Crippen molar-refractivity contribution in [3.05, 3.63) is 18.1 Å². The van der Waals surface area contributed by atoms with Gasteiger partial charge in [-0.3, -0.25) is 9.78 Å². The highest BCUT2D eigenvalue weighted by atomic mass is 28.4. The lowest BCUT2D eigenvalue weighted by atomic mass is 10.3. The molecule has 0 aliphatic heterocycles. The van der Waals surface area contributed by atoms with Crippen molar-refractivity contribution >= 4 is 20.0 Å². The molecule has 0 radical (unpaired) electrons. The Bertz CT molecular complexity index is 586. The Balaban J connectivity index is 2.53. The van der Waals surface area contributed by atoms with Crippen molar-refractivity contribution in [1.82, 2.24) is 9.97 Å². The first-order valence-electron chi connectivity index (χ1n) is 10.0. The third-order valence-corrected chi connectivity index (χ3v) is 11.2. The predicted molar refractivity (Wildman–Crippen MR) is 114 cm³/mol. The molecule has 0 bridgehead atoms. The quantitative estimate of drug-likeness (QED) is 0.540. The van der Waals surface area contributed by atoms with Crippen molar-refractivity contribution in [3.63, 3.8) is 0 Å². The minimum absolute atomic E-state index is 0.102. The summed E-state index contributed by atoms with van der Waals surface area (Å²) in [6, 6.07) is 0. The van der Waals surface area contributed by atoms with Crippen molar-refractivity contribution in [1.29, 1.82) is 0 Å². The molecule has 2 unspecified atom stereocenters. The van der Waals surface area contributed by atoms with Gasteiger partial charge in [-0.1, -0.05) is 41.5 Å². The van der Waals surface area contributed by atoms with Gasteiger partial charge in [-0.25, -0.2) is 4.98 Å². The van der Waals surface area contributed by atoms with Gasteiger partial charge in [-0.05, 0) is 30.5 Å². The summed E-state index contributed by atoms with van der Waals surface area (Å²) >= 11 is 0. The number of nitrogens with zero attached hydrogens (tertiary/aromatic N) is 2. The number of amides is 1. The molecular formula is C20H37N3O4Si. The molecule has 0 aliphatic carbocycles. The topological polar surface area (TPSA) is 93.6 Å². The van der Waals surface area contributed by atoms with E-state index < -0.39 is 20.3 Å². The maximum absolute atomic E-state index is 12.1. The van der Waals surface area contributed by atoms with Crippen LogP contribution in [0.15, 0.2) is 12.4 Å². The molecule has 0 saturated carbocycles. The summed E-state index contributed by atoms with van der Waals surface area (Å²) in [5.74, 6) is -0.269. The van der Waals surface area contributed by atoms with Crippen LogP contribution >= 0.6 is 0 Å². The smallest absolute Gasteiger partial charge is 0.256 e. The van der Waals surface area contributed by atoms with Gasteiger partial charge >= 0.3 is 0 Å². The van der Waals surface area contributed by atoms with Gasteiger partial charge in [0.1, 0.15) is 0 Å². The van der Waals surface area contributed by atoms with Crippen LogP contribution in [0.5, 0.6) is 0 Å². The molecule has 160 valence electrons. The number of carbonyl (C=O) groups is 1. The second kappa shape index (κ2) is 11.0. The Labute approximate surface area is 170 Å². The van der Waals surface area contributed by atoms with E-state index in [0.29, 0.717) is 29.0 Å². The standard InChI is InChI=1S/C20H37N3O4Si/c1-13(2)28(14(3)4,15(5)6)27-11-17(8)26-12-18(24)20(25)23-19-10-21-16(7)9-22-19/h9-10,13-15,17-18,24H,11-12H2,1-8H3,(H,22,23,25). The van der Waals surface area contributed by atoms with Gasteiger partial charge in [-0.15, -0.1) is 0 Å². The van der Waals surface area contributed by atoms with Gasteiger partial charge in [0.25, 0.3) is 5.91 Å². The van der Waals surface area contributed by atoms with Crippen molar-refractivity contribution in [2.45, 2.75) is 84.2 Å². The minimum Gasteiger partial charge on any atom is -0.413 e. The zero-order chi connectivity index (χ0) is 21.5. The summed E-state index contributed by atoms with van der Waals surface area (Å²) in [5.41, 5.74) is 2.23. The highest BCUT2D eigenvalue weighted by Gasteiger charge is 2.45. The Kier molecular flexibility index (Phi) is 9.69. The van der Waals surface area contributed by atoms with E-state index in [1.807, 2.05) is 6.92 Å². The van der Waals surface area contributed by atoms with Crippen molar-refractivity contribution in [2.75, 3.05) is 18.5 Å². The first-order chi connectivity index (χ1) is 13.0. The normalized spacial score (nSPS) is 14.6. The molecule has 1 amide bonds. The van der Waals surface area contributed by atoms with Gasteiger partial charge in [0.15, 0.2) is 20.2 Å². The molecule has 1 aromatic heterocycles. The zero-order valence-electron chi connectivity index (χ0n) is 18.5. The zero-order valence-corrected chi connectivity index (χ0v) is 19.5. The number of carbonyl (C=O) groups excluding carboxylic acids is 1. The van der Waals surface area contributed by atoms with E-state index in [0.717, 1.165) is 5.69 Å². The second-order valence-corrected chi connectivity index (χ2v) is 13.8. The molecule has 1 aromatic rings. The molecule has 1 rings (SSSR count). The Morgan fingerprint density at radius 1 is 1.04 bits per heavy atom. The molecule has 2 atom stereocenters. The number of aliphatic hydroxyl groups is 1. The molecule has 1 heterocycles. The maximum atomic E-state index is 12.1. The summed E-state index contributed by atoms with van der Waals surface area (Å²) in [4.78, 5) is 20.2. The lowest BCUT2D eigenvalue weighted by molar-refractivity contribution is -0.128. The summed E-state index contributed by atoms with van der Waals surface area (Å²) in [7, 11) is -1.96. The average Bonchev–Trinajstić information content (AvgIpc) is 2.61. The van der Waals surface area contributed by atoms with E-state index in [2.05, 4.69) is 56.8 Å². The molecule has 7 nitrogen and oxygen atoms in total. The number of ether oxygens (including phenoxy) is 1. The van der Waals surface area contributed by atoms with Gasteiger partial charge < -0.3 is 19.6 Å². The average molecular weight is 412 g/mol. The monoisotopic (exact) mass is 411 g/mol. The number of rotatable bonds is 11. The Morgan fingerprint density at radius 2 is 1.61 bits per heavy atom. The molecule has 8 heteroatoms. The van der Waals surface area contributed by atoms with Crippen molar-refractivity contribution in [2.24, 2.45) is 0 Å². The molecule has 2 N–H and O–H groups in total. The summed E-state index contributed by atoms with van der Waals surface area (Å²) in [5, 5.41) is 12.6. The predicted octanol–water partition coefficient (Wildman–Crippen LogP) is 3.68. The van der Waals surface area contributed by atoms with Crippen LogP contribution in [0, 0.1) is 6.92 Å². The highest BCUT2D eigenvalue weighted by molar-refractivity contribution is 6.77. The number of hydrogen-bond donors (Lipinski definition) is 2. The van der Waals surface area contributed by atoms with Crippen LogP contribution in [0.25, 0.3) is 0 Å².